The van der Waals surface area contributed by atoms with E-state index in [4.69, 9.17) is 27.9 Å². The first-order valence-electron chi connectivity index (χ1n) is 8.17. The van der Waals surface area contributed by atoms with E-state index < -0.39 is 10.0 Å². The molecule has 27 heavy (non-hydrogen) atoms. The molecular formula is C18H20Cl2N2O4S. The Labute approximate surface area is 168 Å². The van der Waals surface area contributed by atoms with Gasteiger partial charge in [-0.1, -0.05) is 35.3 Å². The molecule has 0 bridgehead atoms. The number of nitrogens with one attached hydrogen (secondary N) is 2. The van der Waals surface area contributed by atoms with E-state index in [0.29, 0.717) is 33.6 Å². The van der Waals surface area contributed by atoms with Crippen LogP contribution in [0.1, 0.15) is 18.9 Å². The van der Waals surface area contributed by atoms with Gasteiger partial charge in [-0.25, -0.2) is 8.42 Å². The van der Waals surface area contributed by atoms with Crippen molar-refractivity contribution in [3.63, 3.8) is 0 Å². The van der Waals surface area contributed by atoms with Gasteiger partial charge in [0.1, 0.15) is 5.75 Å². The molecule has 0 aliphatic carbocycles. The van der Waals surface area contributed by atoms with Crippen molar-refractivity contribution in [3.05, 3.63) is 52.0 Å². The molecule has 2 rings (SSSR count). The molecule has 0 aromatic heterocycles. The summed E-state index contributed by atoms with van der Waals surface area (Å²) in [6, 6.07) is 9.98. The van der Waals surface area contributed by atoms with Gasteiger partial charge in [0.15, 0.2) is 0 Å². The fourth-order valence-corrected chi connectivity index (χ4v) is 3.37. The lowest BCUT2D eigenvalue weighted by molar-refractivity contribution is -0.116. The van der Waals surface area contributed by atoms with Gasteiger partial charge in [0.25, 0.3) is 0 Å². The first-order valence-corrected chi connectivity index (χ1v) is 10.6. The fraction of sp³-hybridized carbons (Fsp3) is 0.278. The minimum Gasteiger partial charge on any atom is -0.494 e. The number of anilines is 2. The van der Waals surface area contributed by atoms with Crippen LogP contribution in [0.25, 0.3) is 0 Å². The molecule has 0 fully saturated rings. The summed E-state index contributed by atoms with van der Waals surface area (Å²) < 4.78 is 31.1. The van der Waals surface area contributed by atoms with Crippen LogP contribution in [0, 0.1) is 0 Å². The van der Waals surface area contributed by atoms with Crippen molar-refractivity contribution < 1.29 is 17.9 Å². The first-order chi connectivity index (χ1) is 12.8. The molecule has 1 amide bonds. The predicted molar refractivity (Wildman–Crippen MR) is 109 cm³/mol. The number of rotatable bonds is 8. The lowest BCUT2D eigenvalue weighted by Gasteiger charge is -2.13. The summed E-state index contributed by atoms with van der Waals surface area (Å²) in [5, 5.41) is 3.65. The van der Waals surface area contributed by atoms with Gasteiger partial charge in [-0.15, -0.1) is 0 Å². The van der Waals surface area contributed by atoms with Crippen LogP contribution in [0.15, 0.2) is 36.4 Å². The van der Waals surface area contributed by atoms with E-state index in [0.717, 1.165) is 5.56 Å². The van der Waals surface area contributed by atoms with E-state index >= 15 is 0 Å². The number of ether oxygens (including phenoxy) is 1. The van der Waals surface area contributed by atoms with Crippen LogP contribution in [0.5, 0.6) is 5.75 Å². The van der Waals surface area contributed by atoms with Gasteiger partial charge in [0.05, 0.1) is 28.6 Å². The van der Waals surface area contributed by atoms with E-state index in [9.17, 15) is 13.2 Å². The first kappa shape index (κ1) is 21.3. The molecule has 0 unspecified atom stereocenters. The van der Waals surface area contributed by atoms with Crippen LogP contribution in [-0.2, 0) is 21.2 Å². The van der Waals surface area contributed by atoms with Crippen LogP contribution >= 0.6 is 23.2 Å². The van der Waals surface area contributed by atoms with Crippen molar-refractivity contribution in [2.45, 2.75) is 19.8 Å². The van der Waals surface area contributed by atoms with Crippen LogP contribution < -0.4 is 14.8 Å². The number of hydrogen-bond acceptors (Lipinski definition) is 4. The Hall–Kier alpha value is -1.96. The van der Waals surface area contributed by atoms with E-state index in [-0.39, 0.29) is 18.1 Å². The molecule has 0 atom stereocenters. The summed E-state index contributed by atoms with van der Waals surface area (Å²) in [6.45, 7) is 1.54. The van der Waals surface area contributed by atoms with E-state index in [1.807, 2.05) is 6.07 Å². The molecule has 0 heterocycles. The third-order valence-corrected chi connectivity index (χ3v) is 5.93. The minimum atomic E-state index is -3.43. The smallest absolute Gasteiger partial charge is 0.232 e. The lowest BCUT2D eigenvalue weighted by atomic mass is 10.1. The summed E-state index contributed by atoms with van der Waals surface area (Å²) in [7, 11) is -2.01. The van der Waals surface area contributed by atoms with E-state index in [1.165, 1.54) is 20.1 Å². The maximum atomic E-state index is 12.2. The number of carbonyl (C=O) groups is 1. The minimum absolute atomic E-state index is 0.0549. The zero-order valence-electron chi connectivity index (χ0n) is 14.9. The Morgan fingerprint density at radius 1 is 1.19 bits per heavy atom. The molecule has 0 saturated carbocycles. The van der Waals surface area contributed by atoms with Crippen molar-refractivity contribution in [3.8, 4) is 5.75 Å². The Morgan fingerprint density at radius 2 is 1.93 bits per heavy atom. The number of benzene rings is 2. The van der Waals surface area contributed by atoms with Crippen LogP contribution in [-0.4, -0.2) is 27.2 Å². The van der Waals surface area contributed by atoms with Gasteiger partial charge in [-0.3, -0.25) is 9.52 Å². The topological polar surface area (TPSA) is 84.5 Å². The zero-order chi connectivity index (χ0) is 20.0. The Balaban J connectivity index is 2.04. The van der Waals surface area contributed by atoms with Crippen LogP contribution in [0.2, 0.25) is 10.0 Å². The zero-order valence-corrected chi connectivity index (χ0v) is 17.2. The van der Waals surface area contributed by atoms with Crippen molar-refractivity contribution >= 4 is 50.5 Å². The van der Waals surface area contributed by atoms with Crippen LogP contribution in [0.3, 0.4) is 0 Å². The van der Waals surface area contributed by atoms with Gasteiger partial charge in [-0.2, -0.15) is 0 Å². The maximum absolute atomic E-state index is 12.2. The number of hydrogen-bond donors (Lipinski definition) is 2. The highest BCUT2D eigenvalue weighted by Crippen LogP contribution is 2.29. The van der Waals surface area contributed by atoms with Crippen molar-refractivity contribution in [1.29, 1.82) is 0 Å². The normalized spacial score (nSPS) is 11.1. The molecule has 9 heteroatoms. The van der Waals surface area contributed by atoms with Gasteiger partial charge >= 0.3 is 0 Å². The molecule has 0 spiro atoms. The number of methoxy groups -OCH3 is 1. The number of halogens is 2. The van der Waals surface area contributed by atoms with Crippen molar-refractivity contribution in [2.75, 3.05) is 22.9 Å². The molecular weight excluding hydrogens is 411 g/mol. The molecule has 0 saturated heterocycles. The largest absolute Gasteiger partial charge is 0.494 e. The monoisotopic (exact) mass is 430 g/mol. The van der Waals surface area contributed by atoms with Gasteiger partial charge < -0.3 is 10.1 Å². The average molecular weight is 431 g/mol. The molecule has 146 valence electrons. The second-order valence-electron chi connectivity index (χ2n) is 5.68. The van der Waals surface area contributed by atoms with E-state index in [2.05, 4.69) is 10.0 Å². The number of aryl methyl sites for hydroxylation is 1. The number of amides is 1. The SMILES string of the molecule is CCS(=O)(=O)Nc1ccc(NC(=O)CCc2cccc(Cl)c2Cl)cc1OC. The molecule has 0 aliphatic heterocycles. The molecule has 2 N–H and O–H groups in total. The summed E-state index contributed by atoms with van der Waals surface area (Å²) in [5.74, 6) is 0.0402. The molecule has 2 aromatic carbocycles. The third-order valence-electron chi connectivity index (χ3n) is 3.78. The number of sulfonamides is 1. The third kappa shape index (κ3) is 6.02. The summed E-state index contributed by atoms with van der Waals surface area (Å²) in [4.78, 5) is 12.2. The van der Waals surface area contributed by atoms with Gasteiger partial charge in [-0.05, 0) is 37.1 Å². The van der Waals surface area contributed by atoms with Gasteiger partial charge in [0.2, 0.25) is 15.9 Å². The molecule has 0 radical (unpaired) electrons. The van der Waals surface area contributed by atoms with Crippen molar-refractivity contribution in [2.24, 2.45) is 0 Å². The second-order valence-corrected chi connectivity index (χ2v) is 8.48. The highest BCUT2D eigenvalue weighted by atomic mass is 35.5. The average Bonchev–Trinajstić information content (AvgIpc) is 2.64. The molecule has 6 nitrogen and oxygen atoms in total. The van der Waals surface area contributed by atoms with E-state index in [1.54, 1.807) is 24.3 Å². The molecule has 2 aromatic rings. The Morgan fingerprint density at radius 3 is 2.59 bits per heavy atom. The Kier molecular flexibility index (Phi) is 7.35. The van der Waals surface area contributed by atoms with Crippen molar-refractivity contribution in [1.82, 2.24) is 0 Å². The fourth-order valence-electron chi connectivity index (χ4n) is 2.31. The number of carbonyl (C=O) groups excluding carboxylic acids is 1. The lowest BCUT2D eigenvalue weighted by Crippen LogP contribution is -2.16. The second kappa shape index (κ2) is 9.30. The maximum Gasteiger partial charge on any atom is 0.232 e. The van der Waals surface area contributed by atoms with Crippen LogP contribution in [0.4, 0.5) is 11.4 Å². The Bertz CT molecular complexity index is 933. The summed E-state index contributed by atoms with van der Waals surface area (Å²) in [6.07, 6.45) is 0.656. The quantitative estimate of drug-likeness (QED) is 0.652. The highest BCUT2D eigenvalue weighted by molar-refractivity contribution is 7.92. The predicted octanol–water partition coefficient (Wildman–Crippen LogP) is 4.33. The summed E-state index contributed by atoms with van der Waals surface area (Å²) in [5.41, 5.74) is 1.60. The molecule has 0 aliphatic rings. The standard InChI is InChI=1S/C18H20Cl2N2O4S/c1-3-27(24,25)22-15-9-8-13(11-16(15)26-2)21-17(23)10-7-12-5-4-6-14(19)18(12)20/h4-6,8-9,11,22H,3,7,10H2,1-2H3,(H,21,23). The summed E-state index contributed by atoms with van der Waals surface area (Å²) >= 11 is 12.1. The highest BCUT2D eigenvalue weighted by Gasteiger charge is 2.13. The van der Waals surface area contributed by atoms with Gasteiger partial charge in [0, 0.05) is 18.2 Å².